The van der Waals surface area contributed by atoms with E-state index in [1.807, 2.05) is 0 Å². The van der Waals surface area contributed by atoms with Crippen LogP contribution in [-0.2, 0) is 25.7 Å². The highest BCUT2D eigenvalue weighted by atomic mass is 32.2. The Morgan fingerprint density at radius 3 is 2.68 bits per heavy atom. The third kappa shape index (κ3) is 4.29. The number of ether oxygens (including phenoxy) is 1. The summed E-state index contributed by atoms with van der Waals surface area (Å²) in [5, 5.41) is 3.17. The summed E-state index contributed by atoms with van der Waals surface area (Å²) < 4.78 is 32.7. The zero-order valence-electron chi connectivity index (χ0n) is 11.9. The van der Waals surface area contributed by atoms with Crippen LogP contribution in [0, 0.1) is 0 Å². The number of oxazole rings is 1. The van der Waals surface area contributed by atoms with Crippen LogP contribution >= 0.6 is 0 Å². The molecular weight excluding hydrogens is 268 g/mol. The van der Waals surface area contributed by atoms with Gasteiger partial charge in [-0.2, -0.15) is 0 Å². The van der Waals surface area contributed by atoms with Gasteiger partial charge in [0.25, 0.3) is 0 Å². The molecule has 19 heavy (non-hydrogen) atoms. The lowest BCUT2D eigenvalue weighted by molar-refractivity contribution is 0.199. The monoisotopic (exact) mass is 290 g/mol. The second-order valence-corrected chi connectivity index (χ2v) is 7.46. The molecule has 110 valence electrons. The first-order valence-electron chi connectivity index (χ1n) is 6.13. The van der Waals surface area contributed by atoms with Crippen molar-refractivity contribution in [3.63, 3.8) is 0 Å². The Balaban J connectivity index is 2.58. The van der Waals surface area contributed by atoms with Crippen molar-refractivity contribution in [3.05, 3.63) is 17.8 Å². The Morgan fingerprint density at radius 1 is 1.42 bits per heavy atom. The molecule has 0 radical (unpaired) electrons. The predicted octanol–water partition coefficient (Wildman–Crippen LogP) is 0.733. The number of methoxy groups -OCH3 is 1. The smallest absolute Gasteiger partial charge is 0.195 e. The molecule has 0 fully saturated rings. The summed E-state index contributed by atoms with van der Waals surface area (Å²) in [5.41, 5.74) is 0. The molecule has 1 rings (SSSR count). The van der Waals surface area contributed by atoms with Gasteiger partial charge >= 0.3 is 0 Å². The number of hydrogen-bond acceptors (Lipinski definition) is 6. The molecule has 7 heteroatoms. The fourth-order valence-electron chi connectivity index (χ4n) is 1.38. The summed E-state index contributed by atoms with van der Waals surface area (Å²) in [6.07, 6.45) is 3.30. The number of rotatable bonds is 8. The number of nitrogens with one attached hydrogen (secondary N) is 1. The van der Waals surface area contributed by atoms with Gasteiger partial charge in [0.15, 0.2) is 15.7 Å². The zero-order valence-corrected chi connectivity index (χ0v) is 12.7. The lowest BCUT2D eigenvalue weighted by Crippen LogP contribution is -2.27. The molecule has 6 nitrogen and oxygen atoms in total. The molecule has 1 heterocycles. The van der Waals surface area contributed by atoms with E-state index >= 15 is 0 Å². The van der Waals surface area contributed by atoms with Gasteiger partial charge in [-0.3, -0.25) is 0 Å². The topological polar surface area (TPSA) is 81.4 Å². The van der Waals surface area contributed by atoms with Crippen LogP contribution in [0.4, 0.5) is 0 Å². The van der Waals surface area contributed by atoms with Crippen molar-refractivity contribution in [2.45, 2.75) is 25.0 Å². The van der Waals surface area contributed by atoms with Crippen LogP contribution < -0.4 is 5.32 Å². The van der Waals surface area contributed by atoms with E-state index in [1.54, 1.807) is 21.0 Å². The maximum Gasteiger partial charge on any atom is 0.195 e. The molecular formula is C12H22N2O4S. The summed E-state index contributed by atoms with van der Waals surface area (Å²) in [7, 11) is -1.59. The van der Waals surface area contributed by atoms with Crippen LogP contribution in [-0.4, -0.2) is 46.5 Å². The highest BCUT2D eigenvalue weighted by Crippen LogP contribution is 2.29. The molecule has 0 aliphatic rings. The Morgan fingerprint density at radius 2 is 2.11 bits per heavy atom. The first-order valence-corrected chi connectivity index (χ1v) is 8.02. The summed E-state index contributed by atoms with van der Waals surface area (Å²) in [4.78, 5) is 4.11. The first kappa shape index (κ1) is 16.1. The van der Waals surface area contributed by atoms with Gasteiger partial charge in [0.2, 0.25) is 0 Å². The summed E-state index contributed by atoms with van der Waals surface area (Å²) >= 11 is 0. The molecule has 1 N–H and O–H groups in total. The molecule has 0 aliphatic carbocycles. The Bertz CT molecular complexity index is 494. The maximum atomic E-state index is 11.7. The molecule has 0 saturated heterocycles. The molecule has 0 unspecified atom stereocenters. The second kappa shape index (κ2) is 6.49. The SMILES string of the molecule is COCCNCCc1ncc(C(C)(C)S(C)(=O)=O)o1. The average molecular weight is 290 g/mol. The van der Waals surface area contributed by atoms with Gasteiger partial charge in [0.1, 0.15) is 10.5 Å². The van der Waals surface area contributed by atoms with Crippen molar-refractivity contribution in [2.75, 3.05) is 33.1 Å². The average Bonchev–Trinajstić information content (AvgIpc) is 2.76. The van der Waals surface area contributed by atoms with Crippen molar-refractivity contribution in [2.24, 2.45) is 0 Å². The van der Waals surface area contributed by atoms with Crippen molar-refractivity contribution >= 4 is 9.84 Å². The van der Waals surface area contributed by atoms with E-state index in [0.29, 0.717) is 31.2 Å². The first-order chi connectivity index (χ1) is 8.79. The molecule has 0 amide bonds. The van der Waals surface area contributed by atoms with Crippen molar-refractivity contribution in [3.8, 4) is 0 Å². The minimum Gasteiger partial charge on any atom is -0.444 e. The van der Waals surface area contributed by atoms with E-state index < -0.39 is 14.6 Å². The van der Waals surface area contributed by atoms with Gasteiger partial charge in [0, 0.05) is 32.9 Å². The van der Waals surface area contributed by atoms with E-state index in [-0.39, 0.29) is 0 Å². The molecule has 1 aromatic rings. The second-order valence-electron chi connectivity index (χ2n) is 4.89. The maximum absolute atomic E-state index is 11.7. The highest BCUT2D eigenvalue weighted by molar-refractivity contribution is 7.91. The third-order valence-corrected chi connectivity index (χ3v) is 5.13. The number of sulfone groups is 1. The van der Waals surface area contributed by atoms with E-state index in [4.69, 9.17) is 9.15 Å². The van der Waals surface area contributed by atoms with Crippen LogP contribution in [0.3, 0.4) is 0 Å². The fourth-order valence-corrected chi connectivity index (χ4v) is 1.84. The minimum atomic E-state index is -3.24. The zero-order chi connectivity index (χ0) is 14.5. The minimum absolute atomic E-state index is 0.377. The van der Waals surface area contributed by atoms with Gasteiger partial charge in [-0.05, 0) is 13.8 Å². The van der Waals surface area contributed by atoms with Crippen LogP contribution in [0.5, 0.6) is 0 Å². The largest absolute Gasteiger partial charge is 0.444 e. The molecule has 0 bridgehead atoms. The molecule has 0 aromatic carbocycles. The lowest BCUT2D eigenvalue weighted by Gasteiger charge is -2.18. The van der Waals surface area contributed by atoms with Gasteiger partial charge in [-0.15, -0.1) is 0 Å². The van der Waals surface area contributed by atoms with Crippen molar-refractivity contribution in [1.82, 2.24) is 10.3 Å². The molecule has 0 saturated carbocycles. The summed E-state index contributed by atoms with van der Waals surface area (Å²) in [5.74, 6) is 0.915. The summed E-state index contributed by atoms with van der Waals surface area (Å²) in [6.45, 7) is 5.35. The number of nitrogens with zero attached hydrogens (tertiary/aromatic N) is 1. The van der Waals surface area contributed by atoms with Crippen LogP contribution in [0.25, 0.3) is 0 Å². The number of aromatic nitrogens is 1. The Hall–Kier alpha value is -0.920. The van der Waals surface area contributed by atoms with E-state index in [2.05, 4.69) is 10.3 Å². The van der Waals surface area contributed by atoms with Gasteiger partial charge < -0.3 is 14.5 Å². The van der Waals surface area contributed by atoms with E-state index in [9.17, 15) is 8.42 Å². The molecule has 0 atom stereocenters. The van der Waals surface area contributed by atoms with Crippen LogP contribution in [0.2, 0.25) is 0 Å². The Kier molecular flexibility index (Phi) is 5.51. The standard InChI is InChI=1S/C12H22N2O4S/c1-12(2,19(4,15)16)10-9-14-11(18-10)5-6-13-7-8-17-3/h9,13H,5-8H2,1-4H3. The van der Waals surface area contributed by atoms with E-state index in [1.165, 1.54) is 12.5 Å². The van der Waals surface area contributed by atoms with Crippen LogP contribution in [0.1, 0.15) is 25.5 Å². The highest BCUT2D eigenvalue weighted by Gasteiger charge is 2.36. The Labute approximate surface area is 114 Å². The van der Waals surface area contributed by atoms with Gasteiger partial charge in [-0.25, -0.2) is 13.4 Å². The predicted molar refractivity (Wildman–Crippen MR) is 72.8 cm³/mol. The fraction of sp³-hybridized carbons (Fsp3) is 0.750. The van der Waals surface area contributed by atoms with E-state index in [0.717, 1.165) is 6.54 Å². The lowest BCUT2D eigenvalue weighted by atomic mass is 10.2. The third-order valence-electron chi connectivity index (χ3n) is 3.07. The molecule has 1 aromatic heterocycles. The van der Waals surface area contributed by atoms with Crippen LogP contribution in [0.15, 0.2) is 10.6 Å². The quantitative estimate of drug-likeness (QED) is 0.711. The van der Waals surface area contributed by atoms with Gasteiger partial charge in [0.05, 0.1) is 12.8 Å². The van der Waals surface area contributed by atoms with Crippen molar-refractivity contribution in [1.29, 1.82) is 0 Å². The van der Waals surface area contributed by atoms with Crippen molar-refractivity contribution < 1.29 is 17.6 Å². The summed E-state index contributed by atoms with van der Waals surface area (Å²) in [6, 6.07) is 0. The number of hydrogen-bond donors (Lipinski definition) is 1. The normalized spacial score (nSPS) is 12.8. The molecule has 0 aliphatic heterocycles. The molecule has 0 spiro atoms. The van der Waals surface area contributed by atoms with Gasteiger partial charge in [-0.1, -0.05) is 0 Å².